The summed E-state index contributed by atoms with van der Waals surface area (Å²) < 4.78 is 5.35. The van der Waals surface area contributed by atoms with Crippen molar-refractivity contribution < 1.29 is 14.6 Å². The van der Waals surface area contributed by atoms with Crippen LogP contribution in [0.4, 0.5) is 0 Å². The first-order valence-electron chi connectivity index (χ1n) is 6.94. The third-order valence-corrected chi connectivity index (χ3v) is 3.11. The highest BCUT2D eigenvalue weighted by Crippen LogP contribution is 2.23. The molecule has 0 aliphatic heterocycles. The molecule has 0 spiro atoms. The fourth-order valence-electron chi connectivity index (χ4n) is 2.01. The van der Waals surface area contributed by atoms with E-state index in [1.54, 1.807) is 24.5 Å². The monoisotopic (exact) mass is 285 g/mol. The molecule has 0 saturated heterocycles. The average Bonchev–Trinajstić information content (AvgIpc) is 2.52. The number of ether oxygens (including phenoxy) is 1. The van der Waals surface area contributed by atoms with Crippen molar-refractivity contribution in [2.45, 2.75) is 25.9 Å². The molecule has 1 N–H and O–H groups in total. The number of carbonyl (C=O) groups is 1. The molecule has 0 bridgehead atoms. The van der Waals surface area contributed by atoms with Gasteiger partial charge in [0.2, 0.25) is 0 Å². The Hall–Kier alpha value is -2.20. The highest BCUT2D eigenvalue weighted by Gasteiger charge is 2.09. The lowest BCUT2D eigenvalue weighted by atomic mass is 10.0. The van der Waals surface area contributed by atoms with Gasteiger partial charge in [0, 0.05) is 12.4 Å². The molecule has 0 amide bonds. The minimum atomic E-state index is -0.564. The zero-order valence-electron chi connectivity index (χ0n) is 12.0. The number of ketones is 1. The maximum atomic E-state index is 10.9. The number of aliphatic hydroxyl groups excluding tert-OH is 1. The van der Waals surface area contributed by atoms with Gasteiger partial charge < -0.3 is 9.84 Å². The topological polar surface area (TPSA) is 59.4 Å². The Morgan fingerprint density at radius 2 is 2.19 bits per heavy atom. The molecular formula is C17H19NO3. The predicted molar refractivity (Wildman–Crippen MR) is 80.1 cm³/mol. The Morgan fingerprint density at radius 1 is 1.33 bits per heavy atom. The van der Waals surface area contributed by atoms with Gasteiger partial charge in [-0.25, -0.2) is 0 Å². The van der Waals surface area contributed by atoms with Crippen LogP contribution in [0.1, 0.15) is 30.6 Å². The van der Waals surface area contributed by atoms with Crippen molar-refractivity contribution in [3.8, 4) is 5.75 Å². The number of hydrogen-bond donors (Lipinski definition) is 1. The summed E-state index contributed by atoms with van der Waals surface area (Å²) in [6, 6.07) is 11.1. The van der Waals surface area contributed by atoms with E-state index in [1.807, 2.05) is 24.3 Å². The van der Waals surface area contributed by atoms with Crippen LogP contribution < -0.4 is 4.74 Å². The summed E-state index contributed by atoms with van der Waals surface area (Å²) in [5.41, 5.74) is 1.89. The molecule has 1 aromatic carbocycles. The summed E-state index contributed by atoms with van der Waals surface area (Å²) in [4.78, 5) is 15.0. The van der Waals surface area contributed by atoms with E-state index in [0.29, 0.717) is 12.2 Å². The lowest BCUT2D eigenvalue weighted by Crippen LogP contribution is -2.07. The molecule has 1 atom stereocenters. The van der Waals surface area contributed by atoms with Gasteiger partial charge in [0.25, 0.3) is 0 Å². The number of aliphatic hydroxyl groups is 1. The summed E-state index contributed by atoms with van der Waals surface area (Å²) in [6.07, 6.45) is 4.34. The van der Waals surface area contributed by atoms with Crippen LogP contribution in [0.25, 0.3) is 0 Å². The molecule has 1 unspecified atom stereocenters. The number of carbonyl (C=O) groups excluding carboxylic acids is 1. The van der Waals surface area contributed by atoms with Crippen molar-refractivity contribution in [1.82, 2.24) is 4.98 Å². The van der Waals surface area contributed by atoms with Gasteiger partial charge in [-0.15, -0.1) is 0 Å². The normalized spacial score (nSPS) is 11.9. The Labute approximate surface area is 124 Å². The molecule has 110 valence electrons. The maximum absolute atomic E-state index is 10.9. The first kappa shape index (κ1) is 15.2. The second-order valence-corrected chi connectivity index (χ2v) is 4.98. The first-order valence-corrected chi connectivity index (χ1v) is 6.94. The number of aromatic nitrogens is 1. The van der Waals surface area contributed by atoms with Crippen LogP contribution in [0.15, 0.2) is 48.8 Å². The first-order chi connectivity index (χ1) is 10.1. The van der Waals surface area contributed by atoms with E-state index in [9.17, 15) is 9.90 Å². The number of pyridine rings is 1. The standard InChI is InChI=1S/C17H19NO3/c1-13(19)12-21-16-6-2-5-15(10-16)17(20)8-7-14-4-3-9-18-11-14/h2-6,9-11,17,20H,7-8,12H2,1H3. The molecule has 2 aromatic rings. The van der Waals surface area contributed by atoms with Crippen molar-refractivity contribution in [2.24, 2.45) is 0 Å². The molecule has 0 aliphatic carbocycles. The highest BCUT2D eigenvalue weighted by atomic mass is 16.5. The lowest BCUT2D eigenvalue weighted by Gasteiger charge is -2.12. The Kier molecular flexibility index (Phi) is 5.46. The summed E-state index contributed by atoms with van der Waals surface area (Å²) in [5, 5.41) is 10.2. The van der Waals surface area contributed by atoms with E-state index in [4.69, 9.17) is 4.74 Å². The van der Waals surface area contributed by atoms with E-state index in [0.717, 1.165) is 17.5 Å². The number of Topliss-reactive ketones (excluding diaryl/α,β-unsaturated/α-hetero) is 1. The molecule has 2 rings (SSSR count). The quantitative estimate of drug-likeness (QED) is 0.849. The van der Waals surface area contributed by atoms with Crippen LogP contribution in [0.5, 0.6) is 5.75 Å². The maximum Gasteiger partial charge on any atom is 0.167 e. The van der Waals surface area contributed by atoms with Crippen molar-refractivity contribution in [2.75, 3.05) is 6.61 Å². The van der Waals surface area contributed by atoms with Gasteiger partial charge in [-0.2, -0.15) is 0 Å². The zero-order chi connectivity index (χ0) is 15.1. The van der Waals surface area contributed by atoms with Crippen molar-refractivity contribution in [3.05, 3.63) is 59.9 Å². The van der Waals surface area contributed by atoms with Crippen LogP contribution in [0, 0.1) is 0 Å². The Morgan fingerprint density at radius 3 is 2.90 bits per heavy atom. The number of benzene rings is 1. The third-order valence-electron chi connectivity index (χ3n) is 3.11. The lowest BCUT2D eigenvalue weighted by molar-refractivity contribution is -0.118. The van der Waals surface area contributed by atoms with E-state index in [2.05, 4.69) is 4.98 Å². The summed E-state index contributed by atoms with van der Waals surface area (Å²) in [7, 11) is 0. The highest BCUT2D eigenvalue weighted by molar-refractivity contribution is 5.77. The SMILES string of the molecule is CC(=O)COc1cccc(C(O)CCc2cccnc2)c1. The van der Waals surface area contributed by atoms with Crippen molar-refractivity contribution in [1.29, 1.82) is 0 Å². The molecule has 0 fully saturated rings. The molecule has 0 aliphatic rings. The van der Waals surface area contributed by atoms with E-state index in [-0.39, 0.29) is 12.4 Å². The van der Waals surface area contributed by atoms with E-state index in [1.165, 1.54) is 6.92 Å². The molecule has 0 saturated carbocycles. The van der Waals surface area contributed by atoms with Crippen LogP contribution in [0.3, 0.4) is 0 Å². The zero-order valence-corrected chi connectivity index (χ0v) is 12.0. The fraction of sp³-hybridized carbons (Fsp3) is 0.294. The Bertz CT molecular complexity index is 584. The smallest absolute Gasteiger partial charge is 0.167 e. The van der Waals surface area contributed by atoms with Crippen LogP contribution >= 0.6 is 0 Å². The largest absolute Gasteiger partial charge is 0.486 e. The molecule has 1 heterocycles. The molecular weight excluding hydrogens is 266 g/mol. The van der Waals surface area contributed by atoms with Gasteiger partial charge in [0.15, 0.2) is 5.78 Å². The molecule has 1 aromatic heterocycles. The van der Waals surface area contributed by atoms with Gasteiger partial charge in [0.1, 0.15) is 12.4 Å². The van der Waals surface area contributed by atoms with Crippen LogP contribution in [0.2, 0.25) is 0 Å². The minimum absolute atomic E-state index is 0.0301. The molecule has 4 heteroatoms. The number of aryl methyl sites for hydroxylation is 1. The van der Waals surface area contributed by atoms with Gasteiger partial charge >= 0.3 is 0 Å². The number of hydrogen-bond acceptors (Lipinski definition) is 4. The van der Waals surface area contributed by atoms with Gasteiger partial charge in [-0.3, -0.25) is 9.78 Å². The van der Waals surface area contributed by atoms with Crippen molar-refractivity contribution in [3.63, 3.8) is 0 Å². The average molecular weight is 285 g/mol. The second kappa shape index (κ2) is 7.55. The summed E-state index contributed by atoms with van der Waals surface area (Å²) in [6.45, 7) is 1.53. The second-order valence-electron chi connectivity index (χ2n) is 4.98. The fourth-order valence-corrected chi connectivity index (χ4v) is 2.01. The third kappa shape index (κ3) is 5.00. The van der Waals surface area contributed by atoms with E-state index < -0.39 is 6.10 Å². The van der Waals surface area contributed by atoms with E-state index >= 15 is 0 Å². The van der Waals surface area contributed by atoms with Gasteiger partial charge in [-0.1, -0.05) is 18.2 Å². The molecule has 21 heavy (non-hydrogen) atoms. The Balaban J connectivity index is 1.94. The van der Waals surface area contributed by atoms with Crippen LogP contribution in [-0.4, -0.2) is 22.5 Å². The number of nitrogens with zero attached hydrogens (tertiary/aromatic N) is 1. The van der Waals surface area contributed by atoms with Gasteiger partial charge in [0.05, 0.1) is 6.10 Å². The van der Waals surface area contributed by atoms with Crippen molar-refractivity contribution >= 4 is 5.78 Å². The molecule has 0 radical (unpaired) electrons. The molecule has 4 nitrogen and oxygen atoms in total. The minimum Gasteiger partial charge on any atom is -0.486 e. The predicted octanol–water partition coefficient (Wildman–Crippen LogP) is 2.72. The summed E-state index contributed by atoms with van der Waals surface area (Å²) >= 11 is 0. The van der Waals surface area contributed by atoms with Gasteiger partial charge in [-0.05, 0) is 49.1 Å². The number of rotatable bonds is 7. The van der Waals surface area contributed by atoms with Crippen LogP contribution in [-0.2, 0) is 11.2 Å². The summed E-state index contributed by atoms with van der Waals surface area (Å²) in [5.74, 6) is 0.570.